The van der Waals surface area contributed by atoms with Gasteiger partial charge in [0.15, 0.2) is 0 Å². The molecule has 0 bridgehead atoms. The fourth-order valence-corrected chi connectivity index (χ4v) is 3.62. The standard InChI is InChI=1S/C29H30N2O/c1-5-32-27-19-14-23(15-20-27)28-21-25(30-31(28)26-9-7-6-8-10-26)18-13-22-11-16-24(17-12-22)29(2,3)4/h6-21H,5H2,1-4H3. The molecule has 0 saturated heterocycles. The lowest BCUT2D eigenvalue weighted by molar-refractivity contribution is 0.340. The highest BCUT2D eigenvalue weighted by Crippen LogP contribution is 2.27. The predicted molar refractivity (Wildman–Crippen MR) is 134 cm³/mol. The maximum atomic E-state index is 5.60. The van der Waals surface area contributed by atoms with Gasteiger partial charge in [0.05, 0.1) is 23.7 Å². The van der Waals surface area contributed by atoms with Crippen molar-refractivity contribution in [1.29, 1.82) is 0 Å². The molecule has 0 unspecified atom stereocenters. The average molecular weight is 423 g/mol. The normalized spacial score (nSPS) is 11.8. The summed E-state index contributed by atoms with van der Waals surface area (Å²) in [4.78, 5) is 0. The zero-order valence-corrected chi connectivity index (χ0v) is 19.2. The molecule has 0 aliphatic heterocycles. The van der Waals surface area contributed by atoms with Gasteiger partial charge in [0.2, 0.25) is 0 Å². The van der Waals surface area contributed by atoms with Crippen LogP contribution in [0.4, 0.5) is 0 Å². The first-order valence-corrected chi connectivity index (χ1v) is 11.1. The molecule has 0 fully saturated rings. The van der Waals surface area contributed by atoms with Crippen LogP contribution in [0, 0.1) is 0 Å². The van der Waals surface area contributed by atoms with Crippen molar-refractivity contribution in [3.05, 3.63) is 102 Å². The second-order valence-corrected chi connectivity index (χ2v) is 8.86. The molecule has 0 aliphatic carbocycles. The largest absolute Gasteiger partial charge is 0.494 e. The molecular formula is C29H30N2O. The first-order valence-electron chi connectivity index (χ1n) is 11.1. The summed E-state index contributed by atoms with van der Waals surface area (Å²) >= 11 is 0. The number of aromatic nitrogens is 2. The molecule has 4 aromatic rings. The summed E-state index contributed by atoms with van der Waals surface area (Å²) < 4.78 is 7.60. The van der Waals surface area contributed by atoms with E-state index in [0.29, 0.717) is 6.61 Å². The predicted octanol–water partition coefficient (Wildman–Crippen LogP) is 7.41. The van der Waals surface area contributed by atoms with Crippen molar-refractivity contribution >= 4 is 12.2 Å². The molecule has 1 aromatic heterocycles. The summed E-state index contributed by atoms with van der Waals surface area (Å²) in [5, 5.41) is 4.89. The Bertz CT molecular complexity index is 1180. The second-order valence-electron chi connectivity index (χ2n) is 8.86. The maximum Gasteiger partial charge on any atom is 0.119 e. The van der Waals surface area contributed by atoms with Gasteiger partial charge in [0.25, 0.3) is 0 Å². The molecule has 0 spiro atoms. The van der Waals surface area contributed by atoms with Gasteiger partial charge in [-0.2, -0.15) is 5.10 Å². The van der Waals surface area contributed by atoms with E-state index in [1.54, 1.807) is 0 Å². The van der Waals surface area contributed by atoms with Gasteiger partial charge in [-0.1, -0.05) is 69.3 Å². The molecule has 1 heterocycles. The highest BCUT2D eigenvalue weighted by Gasteiger charge is 2.13. The zero-order chi connectivity index (χ0) is 22.6. The highest BCUT2D eigenvalue weighted by atomic mass is 16.5. The Morgan fingerprint density at radius 1 is 0.844 bits per heavy atom. The Kier molecular flexibility index (Phi) is 6.27. The highest BCUT2D eigenvalue weighted by molar-refractivity contribution is 5.72. The third kappa shape index (κ3) is 5.00. The van der Waals surface area contributed by atoms with Crippen molar-refractivity contribution in [3.8, 4) is 22.7 Å². The number of rotatable bonds is 6. The molecule has 3 aromatic carbocycles. The number of nitrogens with zero attached hydrogens (tertiary/aromatic N) is 2. The van der Waals surface area contributed by atoms with Crippen LogP contribution < -0.4 is 4.74 Å². The van der Waals surface area contributed by atoms with Crippen molar-refractivity contribution in [1.82, 2.24) is 9.78 Å². The van der Waals surface area contributed by atoms with Crippen molar-refractivity contribution < 1.29 is 4.74 Å². The summed E-state index contributed by atoms with van der Waals surface area (Å²) in [6, 6.07) is 29.3. The van der Waals surface area contributed by atoms with Gasteiger partial charge in [-0.05, 0) is 72.0 Å². The molecule has 32 heavy (non-hydrogen) atoms. The van der Waals surface area contributed by atoms with Gasteiger partial charge in [0, 0.05) is 5.56 Å². The van der Waals surface area contributed by atoms with Crippen molar-refractivity contribution in [2.75, 3.05) is 6.61 Å². The van der Waals surface area contributed by atoms with E-state index in [9.17, 15) is 0 Å². The van der Waals surface area contributed by atoms with Crippen LogP contribution in [0.3, 0.4) is 0 Å². The van der Waals surface area contributed by atoms with E-state index in [2.05, 4.69) is 87.5 Å². The molecular weight excluding hydrogens is 392 g/mol. The van der Waals surface area contributed by atoms with E-state index >= 15 is 0 Å². The monoisotopic (exact) mass is 422 g/mol. The first-order chi connectivity index (χ1) is 15.4. The summed E-state index contributed by atoms with van der Waals surface area (Å²) in [7, 11) is 0. The van der Waals surface area contributed by atoms with Crippen LogP contribution in [0.15, 0.2) is 84.9 Å². The van der Waals surface area contributed by atoms with E-state index in [4.69, 9.17) is 9.84 Å². The third-order valence-electron chi connectivity index (χ3n) is 5.41. The van der Waals surface area contributed by atoms with Crippen LogP contribution in [-0.2, 0) is 5.41 Å². The van der Waals surface area contributed by atoms with Crippen molar-refractivity contribution in [2.45, 2.75) is 33.1 Å². The maximum absolute atomic E-state index is 5.60. The van der Waals surface area contributed by atoms with Gasteiger partial charge in [0.1, 0.15) is 5.75 Å². The molecule has 3 nitrogen and oxygen atoms in total. The lowest BCUT2D eigenvalue weighted by Gasteiger charge is -2.18. The summed E-state index contributed by atoms with van der Waals surface area (Å²) in [6.45, 7) is 9.35. The van der Waals surface area contributed by atoms with E-state index < -0.39 is 0 Å². The molecule has 0 radical (unpaired) electrons. The minimum absolute atomic E-state index is 0.156. The second kappa shape index (κ2) is 9.27. The molecule has 0 aliphatic rings. The Balaban J connectivity index is 1.67. The van der Waals surface area contributed by atoms with Crippen LogP contribution in [0.25, 0.3) is 29.1 Å². The van der Waals surface area contributed by atoms with Crippen LogP contribution in [0.5, 0.6) is 5.75 Å². The van der Waals surface area contributed by atoms with Gasteiger partial charge >= 0.3 is 0 Å². The van der Waals surface area contributed by atoms with E-state index in [-0.39, 0.29) is 5.41 Å². The fourth-order valence-electron chi connectivity index (χ4n) is 3.62. The minimum Gasteiger partial charge on any atom is -0.494 e. The number of hydrogen-bond donors (Lipinski definition) is 0. The van der Waals surface area contributed by atoms with Gasteiger partial charge < -0.3 is 4.74 Å². The van der Waals surface area contributed by atoms with Crippen LogP contribution in [0.1, 0.15) is 44.5 Å². The molecule has 4 rings (SSSR count). The Morgan fingerprint density at radius 3 is 2.16 bits per heavy atom. The topological polar surface area (TPSA) is 27.1 Å². The molecule has 3 heteroatoms. The summed E-state index contributed by atoms with van der Waals surface area (Å²) in [5.74, 6) is 0.876. The number of benzene rings is 3. The lowest BCUT2D eigenvalue weighted by atomic mass is 9.87. The average Bonchev–Trinajstić information content (AvgIpc) is 3.23. The quantitative estimate of drug-likeness (QED) is 0.323. The van der Waals surface area contributed by atoms with E-state index in [1.807, 2.05) is 41.9 Å². The summed E-state index contributed by atoms with van der Waals surface area (Å²) in [5.41, 5.74) is 6.74. The third-order valence-corrected chi connectivity index (χ3v) is 5.41. The molecule has 0 saturated carbocycles. The van der Waals surface area contributed by atoms with Crippen LogP contribution >= 0.6 is 0 Å². The fraction of sp³-hybridized carbons (Fsp3) is 0.207. The first kappa shape index (κ1) is 21.6. The minimum atomic E-state index is 0.156. The summed E-state index contributed by atoms with van der Waals surface area (Å²) in [6.07, 6.45) is 4.19. The van der Waals surface area contributed by atoms with Gasteiger partial charge in [-0.25, -0.2) is 4.68 Å². The van der Waals surface area contributed by atoms with E-state index in [1.165, 1.54) is 5.56 Å². The van der Waals surface area contributed by atoms with Gasteiger partial charge in [-0.3, -0.25) is 0 Å². The Hall–Kier alpha value is -3.59. The zero-order valence-electron chi connectivity index (χ0n) is 19.2. The number of hydrogen-bond acceptors (Lipinski definition) is 2. The Morgan fingerprint density at radius 2 is 1.53 bits per heavy atom. The van der Waals surface area contributed by atoms with E-state index in [0.717, 1.165) is 34.0 Å². The van der Waals surface area contributed by atoms with Crippen LogP contribution in [-0.4, -0.2) is 16.4 Å². The van der Waals surface area contributed by atoms with Gasteiger partial charge in [-0.15, -0.1) is 0 Å². The molecule has 0 amide bonds. The lowest BCUT2D eigenvalue weighted by Crippen LogP contribution is -2.10. The molecule has 0 atom stereocenters. The SMILES string of the molecule is CCOc1ccc(-c2cc(C=Cc3ccc(C(C)(C)C)cc3)nn2-c2ccccc2)cc1. The number of ether oxygens (including phenoxy) is 1. The van der Waals surface area contributed by atoms with Crippen molar-refractivity contribution in [2.24, 2.45) is 0 Å². The Labute approximate surface area is 191 Å². The molecule has 0 N–H and O–H groups in total. The number of para-hydroxylation sites is 1. The van der Waals surface area contributed by atoms with Crippen molar-refractivity contribution in [3.63, 3.8) is 0 Å². The smallest absolute Gasteiger partial charge is 0.119 e. The molecule has 162 valence electrons. The van der Waals surface area contributed by atoms with Crippen LogP contribution in [0.2, 0.25) is 0 Å².